The van der Waals surface area contributed by atoms with Gasteiger partial charge in [0, 0.05) is 22.9 Å². The standard InChI is InChI=1S/C9H13.C6H16NSi.ClH.Cr/c1-6-5-7(2)9(4)8(6)3;1-6(2,3)7-8(4)5;;/h6H,1-4H3;7H,1-5H3;1H;/q-1;;;. The van der Waals surface area contributed by atoms with Crippen LogP contribution in [0.1, 0.15) is 48.5 Å². The van der Waals surface area contributed by atoms with Crippen LogP contribution in [0.5, 0.6) is 0 Å². The summed E-state index contributed by atoms with van der Waals surface area (Å²) in [5.41, 5.74) is 4.56. The third-order valence-electron chi connectivity index (χ3n) is 2.86. The maximum Gasteiger partial charge on any atom is 0.127 e. The van der Waals surface area contributed by atoms with Crippen LogP contribution in [0.15, 0.2) is 16.7 Å². The average molecular weight is 340 g/mol. The molecular weight excluding hydrogens is 310 g/mol. The second-order valence-electron chi connectivity index (χ2n) is 6.17. The minimum atomic E-state index is -0.242. The van der Waals surface area contributed by atoms with Crippen molar-refractivity contribution in [2.24, 2.45) is 5.92 Å². The van der Waals surface area contributed by atoms with E-state index in [-0.39, 0.29) is 38.7 Å². The van der Waals surface area contributed by atoms with E-state index in [0.29, 0.717) is 11.5 Å². The predicted molar refractivity (Wildman–Crippen MR) is 87.6 cm³/mol. The zero-order chi connectivity index (χ0) is 13.8. The molecule has 1 radical (unpaired) electrons. The fourth-order valence-corrected chi connectivity index (χ4v) is 3.41. The van der Waals surface area contributed by atoms with E-state index in [0.717, 1.165) is 0 Å². The zero-order valence-corrected chi connectivity index (χ0v) is 17.0. The molecule has 0 fully saturated rings. The van der Waals surface area contributed by atoms with Crippen molar-refractivity contribution in [2.75, 3.05) is 0 Å². The van der Waals surface area contributed by atoms with Gasteiger partial charge in [0.25, 0.3) is 0 Å². The van der Waals surface area contributed by atoms with Crippen LogP contribution in [-0.2, 0) is 17.4 Å². The van der Waals surface area contributed by atoms with Gasteiger partial charge in [0.05, 0.1) is 0 Å². The van der Waals surface area contributed by atoms with E-state index in [4.69, 9.17) is 0 Å². The molecule has 0 aromatic carbocycles. The largest absolute Gasteiger partial charge is 0.334 e. The molecule has 0 aliphatic heterocycles. The Bertz CT molecular complexity index is 317. The third-order valence-corrected chi connectivity index (χ3v) is 4.11. The van der Waals surface area contributed by atoms with E-state index >= 15 is 0 Å². The fraction of sp³-hybridized carbons (Fsp3) is 0.733. The summed E-state index contributed by atoms with van der Waals surface area (Å²) in [5, 5.41) is 0. The van der Waals surface area contributed by atoms with Gasteiger partial charge in [-0.1, -0.05) is 39.8 Å². The summed E-state index contributed by atoms with van der Waals surface area (Å²) in [6.07, 6.45) is 3.36. The summed E-state index contributed by atoms with van der Waals surface area (Å²) < 4.78 is 0. The Balaban J connectivity index is -0.000000246. The number of hydrogen-bond donors (Lipinski definition) is 1. The van der Waals surface area contributed by atoms with E-state index in [1.807, 2.05) is 0 Å². The molecule has 1 nitrogen and oxygen atoms in total. The molecule has 0 saturated carbocycles. The van der Waals surface area contributed by atoms with E-state index in [2.05, 4.69) is 72.6 Å². The molecular formula is C15H30ClCrNSi-. The van der Waals surface area contributed by atoms with Crippen molar-refractivity contribution >= 4 is 21.4 Å². The molecule has 0 aromatic heterocycles. The Morgan fingerprint density at radius 1 is 1.11 bits per heavy atom. The molecule has 1 N–H and O–H groups in total. The van der Waals surface area contributed by atoms with Crippen molar-refractivity contribution < 1.29 is 17.4 Å². The molecule has 0 saturated heterocycles. The van der Waals surface area contributed by atoms with Gasteiger partial charge in [0.15, 0.2) is 0 Å². The topological polar surface area (TPSA) is 12.0 Å². The summed E-state index contributed by atoms with van der Waals surface area (Å²) in [5.74, 6) is 0.560. The molecule has 1 aliphatic carbocycles. The van der Waals surface area contributed by atoms with Crippen molar-refractivity contribution in [1.82, 2.24) is 4.98 Å². The van der Waals surface area contributed by atoms with Gasteiger partial charge in [0.2, 0.25) is 0 Å². The van der Waals surface area contributed by atoms with E-state index < -0.39 is 0 Å². The second kappa shape index (κ2) is 10.2. The first kappa shape index (κ1) is 24.5. The number of hydrogen-bond acceptors (Lipinski definition) is 1. The third kappa shape index (κ3) is 10.9. The van der Waals surface area contributed by atoms with Crippen LogP contribution in [-0.4, -0.2) is 14.5 Å². The van der Waals surface area contributed by atoms with Gasteiger partial charge in [-0.3, -0.25) is 6.08 Å². The molecule has 1 rings (SSSR count). The van der Waals surface area contributed by atoms with Crippen LogP contribution >= 0.6 is 12.4 Å². The minimum absolute atomic E-state index is 0. The first-order valence-electron chi connectivity index (χ1n) is 6.40. The second-order valence-corrected chi connectivity index (χ2v) is 8.42. The molecule has 0 heterocycles. The summed E-state index contributed by atoms with van der Waals surface area (Å²) in [4.78, 5) is 3.48. The fourth-order valence-electron chi connectivity index (χ4n) is 1.91. The SMILES string of the molecule is CC1=[C-]C(C)C(C)=C1C.C[Si](C)NC(C)(C)C.Cl.[Cr]. The van der Waals surface area contributed by atoms with Gasteiger partial charge in [-0.05, 0) is 20.8 Å². The van der Waals surface area contributed by atoms with Crippen molar-refractivity contribution in [3.05, 3.63) is 22.8 Å². The maximum atomic E-state index is 3.48. The first-order valence-corrected chi connectivity index (χ1v) is 8.90. The van der Waals surface area contributed by atoms with Crippen LogP contribution in [0.3, 0.4) is 0 Å². The molecule has 1 unspecified atom stereocenters. The molecule has 4 heteroatoms. The van der Waals surface area contributed by atoms with Crippen molar-refractivity contribution in [3.63, 3.8) is 0 Å². The van der Waals surface area contributed by atoms with E-state index in [1.54, 1.807) is 0 Å². The Labute approximate surface area is 139 Å². The molecule has 113 valence electrons. The predicted octanol–water partition coefficient (Wildman–Crippen LogP) is 4.77. The summed E-state index contributed by atoms with van der Waals surface area (Å²) >= 11 is 0. The van der Waals surface area contributed by atoms with Crippen LogP contribution < -0.4 is 4.98 Å². The maximum absolute atomic E-state index is 3.48. The van der Waals surface area contributed by atoms with Crippen molar-refractivity contribution in [2.45, 2.75) is 67.1 Å². The van der Waals surface area contributed by atoms with Crippen LogP contribution in [0, 0.1) is 12.0 Å². The summed E-state index contributed by atoms with van der Waals surface area (Å²) in [7, 11) is -0.242. The first-order chi connectivity index (χ1) is 7.54. The summed E-state index contributed by atoms with van der Waals surface area (Å²) in [6.45, 7) is 19.8. The van der Waals surface area contributed by atoms with E-state index in [9.17, 15) is 0 Å². The van der Waals surface area contributed by atoms with Gasteiger partial charge in [-0.15, -0.1) is 19.3 Å². The average Bonchev–Trinajstić information content (AvgIpc) is 2.30. The van der Waals surface area contributed by atoms with Crippen molar-refractivity contribution in [3.8, 4) is 0 Å². The van der Waals surface area contributed by atoms with Crippen molar-refractivity contribution in [1.29, 1.82) is 0 Å². The molecule has 1 atom stereocenters. The molecule has 0 amide bonds. The zero-order valence-electron chi connectivity index (χ0n) is 13.9. The quantitative estimate of drug-likeness (QED) is 0.536. The van der Waals surface area contributed by atoms with Gasteiger partial charge in [0.1, 0.15) is 8.96 Å². The van der Waals surface area contributed by atoms with Crippen LogP contribution in [0.4, 0.5) is 0 Å². The number of rotatable bonds is 1. The van der Waals surface area contributed by atoms with Gasteiger partial charge < -0.3 is 4.98 Å². The number of halogens is 1. The molecule has 19 heavy (non-hydrogen) atoms. The Kier molecular flexibility index (Phi) is 13.2. The monoisotopic (exact) mass is 339 g/mol. The Hall–Kier alpha value is 0.479. The number of nitrogens with one attached hydrogen (secondary N) is 1. The normalized spacial score (nSPS) is 18.2. The molecule has 0 bridgehead atoms. The van der Waals surface area contributed by atoms with Gasteiger partial charge in [-0.2, -0.15) is 11.1 Å². The van der Waals surface area contributed by atoms with Gasteiger partial charge in [-0.25, -0.2) is 5.57 Å². The Morgan fingerprint density at radius 2 is 1.53 bits per heavy atom. The smallest absolute Gasteiger partial charge is 0.127 e. The minimum Gasteiger partial charge on any atom is -0.334 e. The number of allylic oxidation sites excluding steroid dienone is 4. The van der Waals surface area contributed by atoms with E-state index in [1.165, 1.54) is 16.7 Å². The molecule has 0 spiro atoms. The van der Waals surface area contributed by atoms with Crippen LogP contribution in [0.2, 0.25) is 13.1 Å². The molecule has 1 aliphatic rings. The summed E-state index contributed by atoms with van der Waals surface area (Å²) in [6, 6.07) is 0. The Morgan fingerprint density at radius 3 is 1.58 bits per heavy atom. The molecule has 0 aromatic rings. The van der Waals surface area contributed by atoms with Crippen LogP contribution in [0.25, 0.3) is 0 Å². The van der Waals surface area contributed by atoms with Gasteiger partial charge >= 0.3 is 0 Å².